The Balaban J connectivity index is 2.34. The number of carbonyl (C=O) groups excluding carboxylic acids is 2. The van der Waals surface area contributed by atoms with E-state index in [-0.39, 0.29) is 17.0 Å². The average Bonchev–Trinajstić information content (AvgIpc) is 2.74. The zero-order valence-corrected chi connectivity index (χ0v) is 11.7. The van der Waals surface area contributed by atoms with E-state index in [1.165, 1.54) is 12.8 Å². The van der Waals surface area contributed by atoms with Crippen molar-refractivity contribution in [3.05, 3.63) is 11.3 Å². The summed E-state index contributed by atoms with van der Waals surface area (Å²) in [6.07, 6.45) is 4.14. The molecule has 1 saturated heterocycles. The van der Waals surface area contributed by atoms with Gasteiger partial charge in [0.15, 0.2) is 11.6 Å². The summed E-state index contributed by atoms with van der Waals surface area (Å²) in [6, 6.07) is 0. The van der Waals surface area contributed by atoms with Crippen molar-refractivity contribution in [1.29, 1.82) is 0 Å². The van der Waals surface area contributed by atoms with Crippen LogP contribution in [0.2, 0.25) is 0 Å². The molecule has 0 aromatic rings. The number of carbonyl (C=O) groups is 2. The molecule has 2 fully saturated rings. The molecule has 0 spiro atoms. The van der Waals surface area contributed by atoms with Gasteiger partial charge in [-0.05, 0) is 24.7 Å². The fraction of sp³-hybridized carbons (Fsp3) is 0.733. The maximum Gasteiger partial charge on any atom is 0.168 e. The highest BCUT2D eigenvalue weighted by atomic mass is 16.2. The van der Waals surface area contributed by atoms with E-state index >= 15 is 0 Å². The Morgan fingerprint density at radius 2 is 1.61 bits per heavy atom. The van der Waals surface area contributed by atoms with Crippen molar-refractivity contribution >= 4 is 11.6 Å². The lowest BCUT2D eigenvalue weighted by atomic mass is 9.73. The molecular formula is C15H23NO2. The topological polar surface area (TPSA) is 37.4 Å². The zero-order valence-electron chi connectivity index (χ0n) is 11.7. The van der Waals surface area contributed by atoms with Crippen LogP contribution in [0.5, 0.6) is 0 Å². The number of likely N-dealkylation sites (tertiary alicyclic amines) is 1. The molecule has 1 saturated carbocycles. The van der Waals surface area contributed by atoms with Crippen LogP contribution in [-0.2, 0) is 9.59 Å². The van der Waals surface area contributed by atoms with Gasteiger partial charge in [-0.1, -0.05) is 20.8 Å². The minimum absolute atomic E-state index is 0.0556. The van der Waals surface area contributed by atoms with E-state index in [9.17, 15) is 9.59 Å². The highest BCUT2D eigenvalue weighted by Crippen LogP contribution is 2.36. The van der Waals surface area contributed by atoms with E-state index < -0.39 is 0 Å². The Hall–Kier alpha value is -1.12. The molecular weight excluding hydrogens is 226 g/mol. The zero-order chi connectivity index (χ0) is 13.3. The molecule has 100 valence electrons. The molecule has 3 nitrogen and oxygen atoms in total. The molecule has 18 heavy (non-hydrogen) atoms. The molecule has 1 aliphatic heterocycles. The summed E-state index contributed by atoms with van der Waals surface area (Å²) < 4.78 is 0. The fourth-order valence-electron chi connectivity index (χ4n) is 3.13. The van der Waals surface area contributed by atoms with Crippen LogP contribution >= 0.6 is 0 Å². The van der Waals surface area contributed by atoms with Crippen LogP contribution in [0.4, 0.5) is 0 Å². The van der Waals surface area contributed by atoms with Gasteiger partial charge >= 0.3 is 0 Å². The molecule has 0 atom stereocenters. The largest absolute Gasteiger partial charge is 0.374 e. The molecule has 0 radical (unpaired) electrons. The van der Waals surface area contributed by atoms with Gasteiger partial charge in [-0.25, -0.2) is 0 Å². The highest BCUT2D eigenvalue weighted by Gasteiger charge is 2.38. The lowest BCUT2D eigenvalue weighted by Crippen LogP contribution is -2.35. The summed E-state index contributed by atoms with van der Waals surface area (Å²) in [7, 11) is 0. The average molecular weight is 249 g/mol. The number of rotatable bonds is 2. The standard InChI is InChI=1S/C15H23NO2/c1-4-11(16-7-5-6-8-16)14-12(17)9-15(2,3)10-13(14)18/h4-10H2,1-3H3. The van der Waals surface area contributed by atoms with E-state index in [1.54, 1.807) is 0 Å². The number of allylic oxidation sites excluding steroid dienone is 2. The third-order valence-corrected chi connectivity index (χ3v) is 3.95. The van der Waals surface area contributed by atoms with Crippen LogP contribution in [0.25, 0.3) is 0 Å². The van der Waals surface area contributed by atoms with Gasteiger partial charge in [0.1, 0.15) is 0 Å². The number of ketones is 2. The first-order chi connectivity index (χ1) is 8.44. The monoisotopic (exact) mass is 249 g/mol. The van der Waals surface area contributed by atoms with E-state index in [4.69, 9.17) is 0 Å². The van der Waals surface area contributed by atoms with Crippen LogP contribution in [0, 0.1) is 5.41 Å². The molecule has 1 aliphatic carbocycles. The van der Waals surface area contributed by atoms with Crippen molar-refractivity contribution < 1.29 is 9.59 Å². The van der Waals surface area contributed by atoms with Crippen molar-refractivity contribution in [2.24, 2.45) is 5.41 Å². The van der Waals surface area contributed by atoms with Gasteiger partial charge in [-0.15, -0.1) is 0 Å². The van der Waals surface area contributed by atoms with Gasteiger partial charge in [0.25, 0.3) is 0 Å². The van der Waals surface area contributed by atoms with Crippen molar-refractivity contribution in [3.63, 3.8) is 0 Å². The molecule has 3 heteroatoms. The number of Topliss-reactive ketones (excluding diaryl/α,β-unsaturated/α-hetero) is 2. The van der Waals surface area contributed by atoms with Crippen LogP contribution in [0.1, 0.15) is 52.9 Å². The molecule has 0 amide bonds. The van der Waals surface area contributed by atoms with Crippen molar-refractivity contribution in [1.82, 2.24) is 4.90 Å². The smallest absolute Gasteiger partial charge is 0.168 e. The predicted octanol–water partition coefficient (Wildman–Crippen LogP) is 2.70. The maximum absolute atomic E-state index is 12.3. The molecule has 2 aliphatic rings. The number of hydrogen-bond donors (Lipinski definition) is 0. The second kappa shape index (κ2) is 4.87. The quantitative estimate of drug-likeness (QED) is 0.558. The van der Waals surface area contributed by atoms with Crippen LogP contribution in [0.3, 0.4) is 0 Å². The summed E-state index contributed by atoms with van der Waals surface area (Å²) in [5.74, 6) is 0.111. The lowest BCUT2D eigenvalue weighted by molar-refractivity contribution is -0.127. The summed E-state index contributed by atoms with van der Waals surface area (Å²) in [6.45, 7) is 8.04. The third-order valence-electron chi connectivity index (χ3n) is 3.95. The maximum atomic E-state index is 12.3. The minimum Gasteiger partial charge on any atom is -0.374 e. The van der Waals surface area contributed by atoms with Crippen molar-refractivity contribution in [3.8, 4) is 0 Å². The fourth-order valence-corrected chi connectivity index (χ4v) is 3.13. The van der Waals surface area contributed by atoms with Gasteiger partial charge in [-0.3, -0.25) is 9.59 Å². The molecule has 2 rings (SSSR count). The second-order valence-electron chi connectivity index (χ2n) is 6.23. The van der Waals surface area contributed by atoms with Gasteiger partial charge in [0, 0.05) is 31.6 Å². The normalized spacial score (nSPS) is 23.7. The van der Waals surface area contributed by atoms with E-state index in [0.29, 0.717) is 18.4 Å². The molecule has 0 N–H and O–H groups in total. The van der Waals surface area contributed by atoms with Crippen LogP contribution < -0.4 is 0 Å². The summed E-state index contributed by atoms with van der Waals surface area (Å²) >= 11 is 0. The van der Waals surface area contributed by atoms with Gasteiger partial charge < -0.3 is 4.90 Å². The Kier molecular flexibility index (Phi) is 3.60. The molecule has 0 aromatic heterocycles. The third kappa shape index (κ3) is 2.50. The van der Waals surface area contributed by atoms with Crippen LogP contribution in [0.15, 0.2) is 11.3 Å². The minimum atomic E-state index is -0.165. The first kappa shape index (κ1) is 13.3. The van der Waals surface area contributed by atoms with Crippen LogP contribution in [-0.4, -0.2) is 29.6 Å². The highest BCUT2D eigenvalue weighted by molar-refractivity contribution is 6.22. The number of hydrogen-bond acceptors (Lipinski definition) is 3. The van der Waals surface area contributed by atoms with E-state index in [1.807, 2.05) is 20.8 Å². The lowest BCUT2D eigenvalue weighted by Gasteiger charge is -2.32. The second-order valence-corrected chi connectivity index (χ2v) is 6.23. The Morgan fingerprint density at radius 3 is 2.06 bits per heavy atom. The molecule has 0 aromatic carbocycles. The number of nitrogens with zero attached hydrogens (tertiary/aromatic N) is 1. The van der Waals surface area contributed by atoms with Crippen molar-refractivity contribution in [2.45, 2.75) is 52.9 Å². The van der Waals surface area contributed by atoms with E-state index in [2.05, 4.69) is 4.90 Å². The Morgan fingerprint density at radius 1 is 1.11 bits per heavy atom. The predicted molar refractivity (Wildman–Crippen MR) is 71.2 cm³/mol. The summed E-state index contributed by atoms with van der Waals surface area (Å²) in [5.41, 5.74) is 1.35. The first-order valence-electron chi connectivity index (χ1n) is 6.99. The molecule has 1 heterocycles. The summed E-state index contributed by atoms with van der Waals surface area (Å²) in [5, 5.41) is 0. The van der Waals surface area contributed by atoms with Gasteiger partial charge in [0.05, 0.1) is 5.57 Å². The Labute approximate surface area is 109 Å². The molecule has 0 unspecified atom stereocenters. The summed E-state index contributed by atoms with van der Waals surface area (Å²) in [4.78, 5) is 26.8. The van der Waals surface area contributed by atoms with E-state index in [0.717, 1.165) is 25.2 Å². The SMILES string of the molecule is CCC(=C1C(=O)CC(C)(C)CC1=O)N1CCCC1. The Bertz CT molecular complexity index is 379. The molecule has 0 bridgehead atoms. The van der Waals surface area contributed by atoms with Gasteiger partial charge in [-0.2, -0.15) is 0 Å². The van der Waals surface area contributed by atoms with Crippen molar-refractivity contribution in [2.75, 3.05) is 13.1 Å². The first-order valence-corrected chi connectivity index (χ1v) is 6.99. The van der Waals surface area contributed by atoms with Gasteiger partial charge in [0.2, 0.25) is 0 Å².